The Hall–Kier alpha value is -1.64. The van der Waals surface area contributed by atoms with Gasteiger partial charge in [-0.2, -0.15) is 0 Å². The third kappa shape index (κ3) is 4.43. The van der Waals surface area contributed by atoms with E-state index in [1.54, 1.807) is 35.8 Å². The van der Waals surface area contributed by atoms with Gasteiger partial charge in [-0.25, -0.2) is 13.1 Å². The summed E-state index contributed by atoms with van der Waals surface area (Å²) < 4.78 is 34.1. The van der Waals surface area contributed by atoms with E-state index in [4.69, 9.17) is 16.3 Å². The fraction of sp³-hybridized carbons (Fsp3) is 0.429. The zero-order valence-electron chi connectivity index (χ0n) is 13.2. The van der Waals surface area contributed by atoms with Crippen molar-refractivity contribution < 1.29 is 13.2 Å². The van der Waals surface area contributed by atoms with E-state index in [1.165, 1.54) is 7.11 Å². The Morgan fingerprint density at radius 2 is 1.96 bits per heavy atom. The molecule has 0 saturated carbocycles. The molecular formula is C14H19ClN4O3S. The van der Waals surface area contributed by atoms with Crippen LogP contribution in [0, 0.1) is 0 Å². The van der Waals surface area contributed by atoms with E-state index >= 15 is 0 Å². The van der Waals surface area contributed by atoms with Crippen molar-refractivity contribution in [2.45, 2.75) is 32.2 Å². The minimum atomic E-state index is -3.53. The summed E-state index contributed by atoms with van der Waals surface area (Å²) in [5.74, 6) is 0.371. The van der Waals surface area contributed by atoms with Gasteiger partial charge >= 0.3 is 6.01 Å². The lowest BCUT2D eigenvalue weighted by Crippen LogP contribution is -2.30. The van der Waals surface area contributed by atoms with Gasteiger partial charge in [0.25, 0.3) is 0 Å². The van der Waals surface area contributed by atoms with Crippen LogP contribution in [0.4, 0.5) is 0 Å². The van der Waals surface area contributed by atoms with Crippen LogP contribution in [0.2, 0.25) is 5.02 Å². The molecule has 2 rings (SSSR count). The summed E-state index contributed by atoms with van der Waals surface area (Å²) in [6, 6.07) is 6.52. The van der Waals surface area contributed by atoms with E-state index in [0.29, 0.717) is 29.0 Å². The smallest absolute Gasteiger partial charge is 0.316 e. The molecular weight excluding hydrogens is 340 g/mol. The van der Waals surface area contributed by atoms with Crippen molar-refractivity contribution >= 4 is 21.6 Å². The summed E-state index contributed by atoms with van der Waals surface area (Å²) >= 11 is 5.80. The number of sulfonamides is 1. The van der Waals surface area contributed by atoms with Crippen molar-refractivity contribution in [2.75, 3.05) is 7.11 Å². The van der Waals surface area contributed by atoms with Crippen LogP contribution in [-0.4, -0.2) is 30.3 Å². The molecule has 0 bridgehead atoms. The number of halogens is 1. The number of ether oxygens (including phenoxy) is 1. The number of aromatic nitrogens is 3. The van der Waals surface area contributed by atoms with Crippen molar-refractivity contribution in [3.05, 3.63) is 40.7 Å². The summed E-state index contributed by atoms with van der Waals surface area (Å²) in [4.78, 5) is 0. The lowest BCUT2D eigenvalue weighted by atomic mass is 10.2. The monoisotopic (exact) mass is 358 g/mol. The standard InChI is InChI=1S/C14H19ClN4O3S/c1-4-19-13(16-17-14(19)22-3)10(2)18-23(20,21)9-11-5-7-12(15)8-6-11/h5-8,10,18H,4,9H2,1-3H3/t10-/m1/s1. The Morgan fingerprint density at radius 1 is 1.30 bits per heavy atom. The van der Waals surface area contributed by atoms with Crippen LogP contribution in [-0.2, 0) is 22.3 Å². The van der Waals surface area contributed by atoms with E-state index in [2.05, 4.69) is 14.9 Å². The van der Waals surface area contributed by atoms with Gasteiger partial charge < -0.3 is 4.74 Å². The Bertz CT molecular complexity index is 759. The Balaban J connectivity index is 2.13. The maximum absolute atomic E-state index is 12.3. The molecule has 1 heterocycles. The van der Waals surface area contributed by atoms with Gasteiger partial charge in [-0.3, -0.25) is 4.57 Å². The second-order valence-electron chi connectivity index (χ2n) is 5.01. The predicted molar refractivity (Wildman–Crippen MR) is 87.9 cm³/mol. The lowest BCUT2D eigenvalue weighted by Gasteiger charge is -2.15. The highest BCUT2D eigenvalue weighted by Crippen LogP contribution is 2.18. The fourth-order valence-electron chi connectivity index (χ4n) is 2.23. The van der Waals surface area contributed by atoms with Gasteiger partial charge in [0.2, 0.25) is 10.0 Å². The van der Waals surface area contributed by atoms with Crippen LogP contribution >= 0.6 is 11.6 Å². The number of benzene rings is 1. The van der Waals surface area contributed by atoms with Crippen LogP contribution in [0.5, 0.6) is 6.01 Å². The molecule has 0 aliphatic rings. The highest BCUT2D eigenvalue weighted by molar-refractivity contribution is 7.88. The van der Waals surface area contributed by atoms with Crippen molar-refractivity contribution in [2.24, 2.45) is 0 Å². The summed E-state index contributed by atoms with van der Waals surface area (Å²) in [5, 5.41) is 8.46. The molecule has 0 radical (unpaired) electrons. The topological polar surface area (TPSA) is 86.1 Å². The average Bonchev–Trinajstić information content (AvgIpc) is 2.92. The van der Waals surface area contributed by atoms with Crippen LogP contribution in [0.3, 0.4) is 0 Å². The Labute approximate surface area is 140 Å². The number of methoxy groups -OCH3 is 1. The first-order valence-corrected chi connectivity index (χ1v) is 9.11. The molecule has 1 atom stereocenters. The molecule has 1 aromatic carbocycles. The molecule has 23 heavy (non-hydrogen) atoms. The molecule has 126 valence electrons. The molecule has 2 aromatic rings. The molecule has 9 heteroatoms. The molecule has 0 amide bonds. The Morgan fingerprint density at radius 3 is 2.52 bits per heavy atom. The molecule has 1 aromatic heterocycles. The average molecular weight is 359 g/mol. The van der Waals surface area contributed by atoms with Gasteiger partial charge in [0.15, 0.2) is 5.82 Å². The SMILES string of the molecule is CCn1c(OC)nnc1[C@@H](C)NS(=O)(=O)Cc1ccc(Cl)cc1. The fourth-order valence-corrected chi connectivity index (χ4v) is 3.72. The first kappa shape index (κ1) is 17.7. The molecule has 0 saturated heterocycles. The third-order valence-corrected chi connectivity index (χ3v) is 4.94. The molecule has 0 fully saturated rings. The van der Waals surface area contributed by atoms with Crippen LogP contribution in [0.1, 0.15) is 31.3 Å². The Kier molecular flexibility index (Phi) is 5.61. The minimum absolute atomic E-state index is 0.133. The molecule has 1 N–H and O–H groups in total. The highest BCUT2D eigenvalue weighted by atomic mass is 35.5. The number of hydrogen-bond acceptors (Lipinski definition) is 5. The maximum atomic E-state index is 12.3. The second-order valence-corrected chi connectivity index (χ2v) is 7.20. The number of hydrogen-bond donors (Lipinski definition) is 1. The van der Waals surface area contributed by atoms with Crippen molar-refractivity contribution in [3.8, 4) is 6.01 Å². The van der Waals surface area contributed by atoms with Gasteiger partial charge in [-0.05, 0) is 31.5 Å². The van der Waals surface area contributed by atoms with Crippen molar-refractivity contribution in [3.63, 3.8) is 0 Å². The zero-order valence-corrected chi connectivity index (χ0v) is 14.7. The minimum Gasteiger partial charge on any atom is -0.467 e. The molecule has 0 aliphatic heterocycles. The van der Waals surface area contributed by atoms with E-state index in [-0.39, 0.29) is 5.75 Å². The molecule has 7 nitrogen and oxygen atoms in total. The van der Waals surface area contributed by atoms with E-state index in [0.717, 1.165) is 0 Å². The quantitative estimate of drug-likeness (QED) is 0.819. The number of rotatable bonds is 7. The van der Waals surface area contributed by atoms with Crippen LogP contribution in [0.25, 0.3) is 0 Å². The van der Waals surface area contributed by atoms with Crippen molar-refractivity contribution in [1.29, 1.82) is 0 Å². The molecule has 0 unspecified atom stereocenters. The van der Waals surface area contributed by atoms with Gasteiger partial charge in [0.05, 0.1) is 18.9 Å². The predicted octanol–water partition coefficient (Wildman–Crippen LogP) is 2.14. The summed E-state index contributed by atoms with van der Waals surface area (Å²) in [7, 11) is -2.04. The number of nitrogens with zero attached hydrogens (tertiary/aromatic N) is 3. The van der Waals surface area contributed by atoms with Crippen molar-refractivity contribution in [1.82, 2.24) is 19.5 Å². The van der Waals surface area contributed by atoms with Crippen LogP contribution < -0.4 is 9.46 Å². The second kappa shape index (κ2) is 7.29. The lowest BCUT2D eigenvalue weighted by molar-refractivity contribution is 0.354. The highest BCUT2D eigenvalue weighted by Gasteiger charge is 2.22. The van der Waals surface area contributed by atoms with E-state index in [1.807, 2.05) is 6.92 Å². The van der Waals surface area contributed by atoms with Gasteiger partial charge in [0.1, 0.15) is 0 Å². The maximum Gasteiger partial charge on any atom is 0.316 e. The largest absolute Gasteiger partial charge is 0.467 e. The first-order chi connectivity index (χ1) is 10.9. The third-order valence-electron chi connectivity index (χ3n) is 3.26. The van der Waals surface area contributed by atoms with Gasteiger partial charge in [-0.1, -0.05) is 28.8 Å². The van der Waals surface area contributed by atoms with Crippen LogP contribution in [0.15, 0.2) is 24.3 Å². The van der Waals surface area contributed by atoms with E-state index in [9.17, 15) is 8.42 Å². The van der Waals surface area contributed by atoms with Gasteiger partial charge in [0, 0.05) is 11.6 Å². The summed E-state index contributed by atoms with van der Waals surface area (Å²) in [6.45, 7) is 4.20. The first-order valence-electron chi connectivity index (χ1n) is 7.07. The number of nitrogens with one attached hydrogen (secondary N) is 1. The zero-order chi connectivity index (χ0) is 17.0. The molecule has 0 spiro atoms. The van der Waals surface area contributed by atoms with Gasteiger partial charge in [-0.15, -0.1) is 5.10 Å². The summed E-state index contributed by atoms with van der Waals surface area (Å²) in [6.07, 6.45) is 0. The molecule has 0 aliphatic carbocycles. The van der Waals surface area contributed by atoms with E-state index < -0.39 is 16.1 Å². The summed E-state index contributed by atoms with van der Waals surface area (Å²) in [5.41, 5.74) is 0.656. The normalized spacial score (nSPS) is 13.0.